The van der Waals surface area contributed by atoms with Crippen molar-refractivity contribution in [3.63, 3.8) is 0 Å². The minimum atomic E-state index is -0.505. The first-order chi connectivity index (χ1) is 14.4. The molecule has 0 N–H and O–H groups in total. The van der Waals surface area contributed by atoms with E-state index < -0.39 is 5.60 Å². The lowest BCUT2D eigenvalue weighted by Crippen LogP contribution is -2.48. The molecule has 2 saturated heterocycles. The molecule has 0 aliphatic carbocycles. The van der Waals surface area contributed by atoms with Crippen LogP contribution in [-0.2, 0) is 11.2 Å². The van der Waals surface area contributed by atoms with E-state index in [9.17, 15) is 9.59 Å². The fourth-order valence-corrected chi connectivity index (χ4v) is 4.37. The summed E-state index contributed by atoms with van der Waals surface area (Å²) in [4.78, 5) is 33.3. The first-order valence-electron chi connectivity index (χ1n) is 10.7. The molecule has 7 nitrogen and oxygen atoms in total. The van der Waals surface area contributed by atoms with Gasteiger partial charge in [0.05, 0.1) is 12.2 Å². The van der Waals surface area contributed by atoms with Crippen LogP contribution in [0.3, 0.4) is 0 Å². The van der Waals surface area contributed by atoms with Crippen molar-refractivity contribution in [1.82, 2.24) is 14.8 Å². The average Bonchev–Trinajstić information content (AvgIpc) is 3.28. The number of carbonyl (C=O) groups is 2. The summed E-state index contributed by atoms with van der Waals surface area (Å²) in [6.07, 6.45) is 1.67. The van der Waals surface area contributed by atoms with Crippen LogP contribution in [0.2, 0.25) is 0 Å². The van der Waals surface area contributed by atoms with E-state index >= 15 is 0 Å². The molecular formula is C23H29N3O4. The third kappa shape index (κ3) is 3.93. The normalized spacial score (nSPS) is 19.2. The summed E-state index contributed by atoms with van der Waals surface area (Å²) < 4.78 is 11.5. The lowest BCUT2D eigenvalue weighted by Gasteiger charge is -2.37. The lowest BCUT2D eigenvalue weighted by molar-refractivity contribution is 0.00220. The fraction of sp³-hybridized carbons (Fsp3) is 0.522. The predicted octanol–water partition coefficient (Wildman–Crippen LogP) is 3.78. The summed E-state index contributed by atoms with van der Waals surface area (Å²) in [6.45, 7) is 8.15. The van der Waals surface area contributed by atoms with Gasteiger partial charge in [-0.2, -0.15) is 0 Å². The monoisotopic (exact) mass is 411 g/mol. The second-order valence-corrected chi connectivity index (χ2v) is 8.41. The van der Waals surface area contributed by atoms with Gasteiger partial charge in [0.1, 0.15) is 5.60 Å². The number of aromatic nitrogens is 1. The van der Waals surface area contributed by atoms with E-state index in [1.807, 2.05) is 30.0 Å². The number of hydrogen-bond acceptors (Lipinski definition) is 5. The number of piperidine rings is 1. The van der Waals surface area contributed by atoms with E-state index in [-0.39, 0.29) is 17.9 Å². The van der Waals surface area contributed by atoms with E-state index in [2.05, 4.69) is 24.0 Å². The number of amides is 2. The molecule has 1 aromatic carbocycles. The summed E-state index contributed by atoms with van der Waals surface area (Å²) in [7, 11) is 0. The number of benzene rings is 1. The van der Waals surface area contributed by atoms with Gasteiger partial charge in [-0.3, -0.25) is 4.79 Å². The van der Waals surface area contributed by atoms with Crippen LogP contribution in [-0.4, -0.2) is 58.6 Å². The summed E-state index contributed by atoms with van der Waals surface area (Å²) in [5, 5.41) is 0. The van der Waals surface area contributed by atoms with E-state index in [4.69, 9.17) is 9.15 Å². The number of carbonyl (C=O) groups excluding carboxylic acids is 2. The first kappa shape index (κ1) is 20.4. The zero-order chi connectivity index (χ0) is 21.3. The molecule has 30 heavy (non-hydrogen) atoms. The van der Waals surface area contributed by atoms with Crippen molar-refractivity contribution in [2.45, 2.75) is 51.6 Å². The third-order valence-corrected chi connectivity index (χ3v) is 6.20. The maximum Gasteiger partial charge on any atom is 0.410 e. The maximum atomic E-state index is 12.9. The molecule has 2 aliphatic heterocycles. The lowest BCUT2D eigenvalue weighted by atomic mass is 9.90. The molecule has 0 bridgehead atoms. The molecule has 7 heteroatoms. The van der Waals surface area contributed by atoms with Gasteiger partial charge in [-0.1, -0.05) is 44.2 Å². The van der Waals surface area contributed by atoms with Gasteiger partial charge in [0.2, 0.25) is 5.76 Å². The van der Waals surface area contributed by atoms with Gasteiger partial charge in [0.15, 0.2) is 5.89 Å². The highest BCUT2D eigenvalue weighted by Crippen LogP contribution is 2.35. The molecule has 0 radical (unpaired) electrons. The van der Waals surface area contributed by atoms with Gasteiger partial charge in [0.25, 0.3) is 5.91 Å². The van der Waals surface area contributed by atoms with Crippen molar-refractivity contribution < 1.29 is 18.7 Å². The van der Waals surface area contributed by atoms with Gasteiger partial charge >= 0.3 is 6.09 Å². The molecule has 0 saturated carbocycles. The van der Waals surface area contributed by atoms with Crippen LogP contribution >= 0.6 is 0 Å². The Labute approximate surface area is 177 Å². The van der Waals surface area contributed by atoms with Crippen molar-refractivity contribution in [1.29, 1.82) is 0 Å². The summed E-state index contributed by atoms with van der Waals surface area (Å²) in [5.74, 6) is 1.01. The summed E-state index contributed by atoms with van der Waals surface area (Å²) >= 11 is 0. The van der Waals surface area contributed by atoms with Crippen molar-refractivity contribution in [2.75, 3.05) is 26.2 Å². The molecule has 2 fully saturated rings. The Morgan fingerprint density at radius 1 is 1.23 bits per heavy atom. The van der Waals surface area contributed by atoms with Crippen LogP contribution in [0.4, 0.5) is 4.79 Å². The highest BCUT2D eigenvalue weighted by atomic mass is 16.6. The smallest absolute Gasteiger partial charge is 0.410 e. The molecular weight excluding hydrogens is 382 g/mol. The number of oxazole rings is 1. The maximum absolute atomic E-state index is 12.9. The Morgan fingerprint density at radius 3 is 2.57 bits per heavy atom. The van der Waals surface area contributed by atoms with Crippen LogP contribution < -0.4 is 0 Å². The summed E-state index contributed by atoms with van der Waals surface area (Å²) in [6, 6.07) is 10.2. The predicted molar refractivity (Wildman–Crippen MR) is 111 cm³/mol. The SMILES string of the molecule is CCc1nc(C)c(C(=O)N2CCC3(CC2)CN(CC(C)c2ccccc2)C(=O)O3)o1. The van der Waals surface area contributed by atoms with E-state index in [1.54, 1.807) is 11.8 Å². The summed E-state index contributed by atoms with van der Waals surface area (Å²) in [5.41, 5.74) is 1.33. The Morgan fingerprint density at radius 2 is 1.93 bits per heavy atom. The molecule has 2 amide bonds. The van der Waals surface area contributed by atoms with E-state index in [0.717, 1.165) is 0 Å². The van der Waals surface area contributed by atoms with Gasteiger partial charge < -0.3 is 19.0 Å². The molecule has 4 rings (SSSR count). The molecule has 3 heterocycles. The van der Waals surface area contributed by atoms with E-state index in [0.29, 0.717) is 62.8 Å². The first-order valence-corrected chi connectivity index (χ1v) is 10.7. The van der Waals surface area contributed by atoms with Crippen molar-refractivity contribution >= 4 is 12.0 Å². The number of aryl methyl sites for hydroxylation is 2. The number of likely N-dealkylation sites (tertiary alicyclic amines) is 1. The van der Waals surface area contributed by atoms with Crippen LogP contribution in [0.15, 0.2) is 34.7 Å². The van der Waals surface area contributed by atoms with Crippen molar-refractivity contribution in [3.8, 4) is 0 Å². The number of hydrogen-bond donors (Lipinski definition) is 0. The van der Waals surface area contributed by atoms with Crippen molar-refractivity contribution in [3.05, 3.63) is 53.2 Å². The van der Waals surface area contributed by atoms with Gasteiger partial charge in [-0.25, -0.2) is 9.78 Å². The van der Waals surface area contributed by atoms with Crippen molar-refractivity contribution in [2.24, 2.45) is 0 Å². The van der Waals surface area contributed by atoms with E-state index in [1.165, 1.54) is 5.56 Å². The van der Waals surface area contributed by atoms with Gasteiger partial charge in [-0.15, -0.1) is 0 Å². The molecule has 1 aromatic heterocycles. The zero-order valence-electron chi connectivity index (χ0n) is 17.9. The third-order valence-electron chi connectivity index (χ3n) is 6.20. The minimum Gasteiger partial charge on any atom is -0.441 e. The molecule has 2 aliphatic rings. The Balaban J connectivity index is 1.36. The second kappa shape index (κ2) is 8.13. The topological polar surface area (TPSA) is 75.9 Å². The van der Waals surface area contributed by atoms with Crippen LogP contribution in [0.25, 0.3) is 0 Å². The number of ether oxygens (including phenoxy) is 1. The second-order valence-electron chi connectivity index (χ2n) is 8.41. The molecule has 1 spiro atoms. The highest BCUT2D eigenvalue weighted by Gasteiger charge is 2.48. The van der Waals surface area contributed by atoms with Gasteiger partial charge in [-0.05, 0) is 18.4 Å². The van der Waals surface area contributed by atoms with Crippen LogP contribution in [0.1, 0.15) is 60.3 Å². The quantitative estimate of drug-likeness (QED) is 0.748. The minimum absolute atomic E-state index is 0.131. The zero-order valence-corrected chi connectivity index (χ0v) is 17.9. The number of nitrogens with zero attached hydrogens (tertiary/aromatic N) is 3. The van der Waals surface area contributed by atoms with Gasteiger partial charge in [0, 0.05) is 38.9 Å². The standard InChI is InChI=1S/C23H29N3O4/c1-4-19-24-17(3)20(29-19)21(27)25-12-10-23(11-13-25)15-26(22(28)30-23)14-16(2)18-8-6-5-7-9-18/h5-9,16H,4,10-15H2,1-3H3. The van der Waals surface area contributed by atoms with Crippen LogP contribution in [0.5, 0.6) is 0 Å². The Kier molecular flexibility index (Phi) is 5.54. The molecule has 160 valence electrons. The number of rotatable bonds is 5. The Hall–Kier alpha value is -2.83. The average molecular weight is 412 g/mol. The molecule has 1 unspecified atom stereocenters. The molecule has 1 atom stereocenters. The fourth-order valence-electron chi connectivity index (χ4n) is 4.37. The Bertz CT molecular complexity index is 916. The molecule has 2 aromatic rings. The van der Waals surface area contributed by atoms with Crippen LogP contribution in [0, 0.1) is 6.92 Å². The highest BCUT2D eigenvalue weighted by molar-refractivity contribution is 5.92. The largest absolute Gasteiger partial charge is 0.441 e.